The monoisotopic (exact) mass is 496 g/mol. The Bertz CT molecular complexity index is 1050. The molecular formula is C31H44O5. The fourth-order valence-electron chi connectivity index (χ4n) is 7.85. The highest BCUT2D eigenvalue weighted by atomic mass is 16.4. The van der Waals surface area contributed by atoms with Gasteiger partial charge in [-0.05, 0) is 91.1 Å². The van der Waals surface area contributed by atoms with Gasteiger partial charge in [0, 0.05) is 18.4 Å². The third kappa shape index (κ3) is 4.43. The zero-order valence-electron chi connectivity index (χ0n) is 22.9. The van der Waals surface area contributed by atoms with Crippen LogP contribution in [0.4, 0.5) is 0 Å². The fraction of sp³-hybridized carbons (Fsp3) is 0.645. The number of carboxylic acid groups (broad SMARTS) is 2. The number of carbonyl (C=O) groups is 3. The maximum absolute atomic E-state index is 12.9. The van der Waals surface area contributed by atoms with E-state index in [1.165, 1.54) is 18.1 Å². The molecule has 0 radical (unpaired) electrons. The van der Waals surface area contributed by atoms with E-state index in [4.69, 9.17) is 0 Å². The lowest BCUT2D eigenvalue weighted by Gasteiger charge is -2.56. The Hall–Kier alpha value is -2.43. The predicted octanol–water partition coefficient (Wildman–Crippen LogP) is 7.00. The summed E-state index contributed by atoms with van der Waals surface area (Å²) in [4.78, 5) is 35.8. The molecule has 5 heteroatoms. The standard InChI is InChI=1S/C31H44O5/c1-18(2)22-9-10-25-24(29(22,6)14-13-27(33)34)12-16-30(7)23(11-15-31(25,30)8)19(3)17-26(32)20(4)21(5)28(35)36/h10,12,19,21-23H,1,4,9,11,13-17H2,2-3,5-8H3,(H,33,34)(H,35,36). The minimum absolute atomic E-state index is 0.0362. The molecule has 7 unspecified atom stereocenters. The van der Waals surface area contributed by atoms with Gasteiger partial charge in [-0.15, -0.1) is 0 Å². The van der Waals surface area contributed by atoms with Crippen molar-refractivity contribution in [1.82, 2.24) is 0 Å². The van der Waals surface area contributed by atoms with E-state index in [0.717, 1.165) is 31.3 Å². The molecule has 3 aliphatic rings. The second-order valence-corrected chi connectivity index (χ2v) is 12.5. The zero-order chi connectivity index (χ0) is 27.2. The molecule has 0 aromatic carbocycles. The summed E-state index contributed by atoms with van der Waals surface area (Å²) >= 11 is 0. The molecule has 36 heavy (non-hydrogen) atoms. The molecule has 198 valence electrons. The van der Waals surface area contributed by atoms with Gasteiger partial charge in [-0.25, -0.2) is 0 Å². The Morgan fingerprint density at radius 2 is 1.72 bits per heavy atom. The average molecular weight is 497 g/mol. The molecule has 1 fully saturated rings. The van der Waals surface area contributed by atoms with Crippen LogP contribution in [0.2, 0.25) is 0 Å². The van der Waals surface area contributed by atoms with Gasteiger partial charge < -0.3 is 10.2 Å². The Balaban J connectivity index is 1.93. The number of carbonyl (C=O) groups excluding carboxylic acids is 1. The van der Waals surface area contributed by atoms with Crippen LogP contribution in [0.15, 0.2) is 47.6 Å². The number of rotatable bonds is 10. The van der Waals surface area contributed by atoms with E-state index >= 15 is 0 Å². The van der Waals surface area contributed by atoms with Crippen LogP contribution in [0.1, 0.15) is 86.5 Å². The predicted molar refractivity (Wildman–Crippen MR) is 142 cm³/mol. The van der Waals surface area contributed by atoms with Gasteiger partial charge in [0.2, 0.25) is 0 Å². The molecule has 0 aromatic rings. The first kappa shape index (κ1) is 28.1. The van der Waals surface area contributed by atoms with Gasteiger partial charge >= 0.3 is 11.9 Å². The highest BCUT2D eigenvalue weighted by Crippen LogP contribution is 2.70. The molecule has 0 saturated heterocycles. The molecule has 5 nitrogen and oxygen atoms in total. The van der Waals surface area contributed by atoms with Gasteiger partial charge in [-0.1, -0.05) is 58.6 Å². The van der Waals surface area contributed by atoms with Gasteiger partial charge in [0.15, 0.2) is 5.78 Å². The summed E-state index contributed by atoms with van der Waals surface area (Å²) in [7, 11) is 0. The van der Waals surface area contributed by atoms with E-state index in [-0.39, 0.29) is 45.9 Å². The van der Waals surface area contributed by atoms with Crippen molar-refractivity contribution in [2.45, 2.75) is 86.5 Å². The van der Waals surface area contributed by atoms with Crippen LogP contribution < -0.4 is 0 Å². The van der Waals surface area contributed by atoms with Crippen molar-refractivity contribution < 1.29 is 24.6 Å². The van der Waals surface area contributed by atoms with E-state index in [0.29, 0.717) is 18.8 Å². The quantitative estimate of drug-likeness (QED) is 0.251. The topological polar surface area (TPSA) is 91.7 Å². The largest absolute Gasteiger partial charge is 0.481 e. The molecule has 2 N–H and O–H groups in total. The highest BCUT2D eigenvalue weighted by Gasteiger charge is 2.61. The second kappa shape index (κ2) is 9.79. The summed E-state index contributed by atoms with van der Waals surface area (Å²) in [6.45, 7) is 20.7. The number of fused-ring (bicyclic) bond motifs is 3. The van der Waals surface area contributed by atoms with E-state index < -0.39 is 17.9 Å². The van der Waals surface area contributed by atoms with Gasteiger partial charge in [0.05, 0.1) is 5.92 Å². The van der Waals surface area contributed by atoms with Crippen molar-refractivity contribution in [1.29, 1.82) is 0 Å². The minimum atomic E-state index is -1.02. The molecule has 0 spiro atoms. The van der Waals surface area contributed by atoms with Crippen molar-refractivity contribution in [2.24, 2.45) is 39.9 Å². The van der Waals surface area contributed by atoms with Crippen LogP contribution in [0.3, 0.4) is 0 Å². The smallest absolute Gasteiger partial charge is 0.310 e. The molecule has 3 aliphatic carbocycles. The first-order valence-electron chi connectivity index (χ1n) is 13.3. The van der Waals surface area contributed by atoms with Crippen LogP contribution in [0, 0.1) is 39.9 Å². The van der Waals surface area contributed by atoms with Gasteiger partial charge in [0.1, 0.15) is 0 Å². The first-order valence-corrected chi connectivity index (χ1v) is 13.3. The zero-order valence-corrected chi connectivity index (χ0v) is 22.9. The summed E-state index contributed by atoms with van der Waals surface area (Å²) in [5.41, 5.74) is 3.59. The van der Waals surface area contributed by atoms with E-state index in [2.05, 4.69) is 59.9 Å². The van der Waals surface area contributed by atoms with E-state index in [1.807, 2.05) is 0 Å². The lowest BCUT2D eigenvalue weighted by Crippen LogP contribution is -2.47. The lowest BCUT2D eigenvalue weighted by molar-refractivity contribution is -0.141. The number of aliphatic carboxylic acids is 2. The normalized spacial score (nSPS) is 34.9. The van der Waals surface area contributed by atoms with Crippen LogP contribution in [-0.4, -0.2) is 27.9 Å². The maximum Gasteiger partial charge on any atom is 0.310 e. The molecule has 3 rings (SSSR count). The Morgan fingerprint density at radius 1 is 1.08 bits per heavy atom. The Morgan fingerprint density at radius 3 is 2.28 bits per heavy atom. The average Bonchev–Trinajstić information content (AvgIpc) is 3.08. The summed E-state index contributed by atoms with van der Waals surface area (Å²) in [6.07, 6.45) is 9.59. The number of ketones is 1. The Labute approximate surface area is 216 Å². The highest BCUT2D eigenvalue weighted by molar-refractivity contribution is 5.99. The van der Waals surface area contributed by atoms with Crippen molar-refractivity contribution in [2.75, 3.05) is 0 Å². The van der Waals surface area contributed by atoms with E-state index in [1.54, 1.807) is 0 Å². The number of hydrogen-bond donors (Lipinski definition) is 2. The second-order valence-electron chi connectivity index (χ2n) is 12.5. The van der Waals surface area contributed by atoms with Crippen molar-refractivity contribution >= 4 is 17.7 Å². The molecule has 0 amide bonds. The van der Waals surface area contributed by atoms with Crippen LogP contribution in [0.25, 0.3) is 0 Å². The summed E-state index contributed by atoms with van der Waals surface area (Å²) in [5.74, 6) is -2.15. The fourth-order valence-corrected chi connectivity index (χ4v) is 7.85. The number of allylic oxidation sites excluding steroid dienone is 5. The summed E-state index contributed by atoms with van der Waals surface area (Å²) < 4.78 is 0. The van der Waals surface area contributed by atoms with Crippen LogP contribution in [-0.2, 0) is 14.4 Å². The molecule has 0 bridgehead atoms. The molecule has 7 atom stereocenters. The summed E-state index contributed by atoms with van der Waals surface area (Å²) in [5, 5.41) is 18.8. The Kier molecular flexibility index (Phi) is 7.66. The van der Waals surface area contributed by atoms with Crippen molar-refractivity contribution in [3.63, 3.8) is 0 Å². The van der Waals surface area contributed by atoms with Crippen LogP contribution in [0.5, 0.6) is 0 Å². The van der Waals surface area contributed by atoms with E-state index in [9.17, 15) is 24.6 Å². The number of carboxylic acids is 2. The molecule has 0 aliphatic heterocycles. The first-order chi connectivity index (χ1) is 16.6. The van der Waals surface area contributed by atoms with Crippen LogP contribution >= 0.6 is 0 Å². The minimum Gasteiger partial charge on any atom is -0.481 e. The van der Waals surface area contributed by atoms with Gasteiger partial charge in [-0.3, -0.25) is 14.4 Å². The lowest BCUT2D eigenvalue weighted by atomic mass is 9.48. The number of Topliss-reactive ketones (excluding diaryl/α,β-unsaturated/α-hetero) is 1. The number of hydrogen-bond acceptors (Lipinski definition) is 3. The van der Waals surface area contributed by atoms with Gasteiger partial charge in [-0.2, -0.15) is 0 Å². The third-order valence-corrected chi connectivity index (χ3v) is 10.5. The molecule has 1 saturated carbocycles. The van der Waals surface area contributed by atoms with Crippen molar-refractivity contribution in [3.05, 3.63) is 47.6 Å². The molecule has 0 aromatic heterocycles. The maximum atomic E-state index is 12.9. The van der Waals surface area contributed by atoms with Gasteiger partial charge in [0.25, 0.3) is 0 Å². The SMILES string of the molecule is C=C(C(=O)CC(C)C1CCC2(C)C3=CCC(C(=C)C)C(C)(CCC(=O)O)C3=CCC12C)C(C)C(=O)O. The van der Waals surface area contributed by atoms with Crippen molar-refractivity contribution in [3.8, 4) is 0 Å². The summed E-state index contributed by atoms with van der Waals surface area (Å²) in [6, 6.07) is 0. The molecule has 0 heterocycles. The third-order valence-electron chi connectivity index (χ3n) is 10.5. The molecular weight excluding hydrogens is 452 g/mol.